The monoisotopic (exact) mass is 432 g/mol. The lowest BCUT2D eigenvalue weighted by Crippen LogP contribution is -2.46. The van der Waals surface area contributed by atoms with Crippen LogP contribution in [0.1, 0.15) is 42.9 Å². The fourth-order valence-electron chi connectivity index (χ4n) is 4.79. The molecular formula is C26H25FN2O3. The van der Waals surface area contributed by atoms with Gasteiger partial charge in [0.2, 0.25) is 5.91 Å². The number of carbonyl (C=O) groups excluding carboxylic acids is 2. The highest BCUT2D eigenvalue weighted by molar-refractivity contribution is 5.97. The van der Waals surface area contributed by atoms with Gasteiger partial charge in [0.15, 0.2) is 6.61 Å². The standard InChI is InChI=1S/C26H25FN2O3/c27-19-12-9-17(10-13-19)15-29-23(30)16-32-22-14-11-18-5-1-4-8-21(18)24(22)25(29)26(31)28-20-6-2-3-7-20/h1,4-5,8-14,20,25H,2-3,6-7,15-16H2,(H,28,31). The maximum absolute atomic E-state index is 13.7. The second-order valence-corrected chi connectivity index (χ2v) is 8.53. The smallest absolute Gasteiger partial charge is 0.261 e. The van der Waals surface area contributed by atoms with E-state index in [0.29, 0.717) is 11.3 Å². The van der Waals surface area contributed by atoms with Crippen molar-refractivity contribution in [3.63, 3.8) is 0 Å². The second-order valence-electron chi connectivity index (χ2n) is 8.53. The van der Waals surface area contributed by atoms with Crippen LogP contribution in [-0.2, 0) is 16.1 Å². The first-order valence-corrected chi connectivity index (χ1v) is 11.1. The zero-order chi connectivity index (χ0) is 22.1. The highest BCUT2D eigenvalue weighted by atomic mass is 19.1. The maximum atomic E-state index is 13.7. The first-order chi connectivity index (χ1) is 15.6. The molecule has 6 heteroatoms. The lowest BCUT2D eigenvalue weighted by molar-refractivity contribution is -0.142. The molecule has 1 fully saturated rings. The number of carbonyl (C=O) groups is 2. The predicted molar refractivity (Wildman–Crippen MR) is 120 cm³/mol. The van der Waals surface area contributed by atoms with Crippen LogP contribution in [0.3, 0.4) is 0 Å². The number of halogens is 1. The van der Waals surface area contributed by atoms with Gasteiger partial charge in [-0.15, -0.1) is 0 Å². The molecule has 0 aromatic heterocycles. The number of nitrogens with zero attached hydrogens (tertiary/aromatic N) is 1. The van der Waals surface area contributed by atoms with E-state index in [1.165, 1.54) is 12.1 Å². The van der Waals surface area contributed by atoms with Crippen molar-refractivity contribution in [2.24, 2.45) is 0 Å². The SMILES string of the molecule is O=C(NC1CCCC1)C1c2c(ccc3ccccc23)OCC(=O)N1Cc1ccc(F)cc1. The Morgan fingerprint density at radius 1 is 1.03 bits per heavy atom. The van der Waals surface area contributed by atoms with Crippen molar-refractivity contribution >= 4 is 22.6 Å². The molecule has 2 amide bonds. The topological polar surface area (TPSA) is 58.6 Å². The molecule has 3 aromatic carbocycles. The third kappa shape index (κ3) is 3.93. The summed E-state index contributed by atoms with van der Waals surface area (Å²) >= 11 is 0. The molecule has 1 aliphatic carbocycles. The number of benzene rings is 3. The molecule has 164 valence electrons. The van der Waals surface area contributed by atoms with Crippen LogP contribution in [0, 0.1) is 5.82 Å². The summed E-state index contributed by atoms with van der Waals surface area (Å²) in [4.78, 5) is 28.4. The first kappa shape index (κ1) is 20.5. The van der Waals surface area contributed by atoms with Crippen LogP contribution in [0.15, 0.2) is 60.7 Å². The van der Waals surface area contributed by atoms with E-state index in [1.54, 1.807) is 17.0 Å². The lowest BCUT2D eigenvalue weighted by atomic mass is 9.95. The quantitative estimate of drug-likeness (QED) is 0.660. The van der Waals surface area contributed by atoms with Gasteiger partial charge in [0.05, 0.1) is 0 Å². The molecule has 0 radical (unpaired) electrons. The Balaban J connectivity index is 1.61. The Hall–Kier alpha value is -3.41. The summed E-state index contributed by atoms with van der Waals surface area (Å²) < 4.78 is 19.3. The van der Waals surface area contributed by atoms with Gasteiger partial charge in [-0.3, -0.25) is 9.59 Å². The molecule has 1 saturated carbocycles. The third-order valence-corrected chi connectivity index (χ3v) is 6.40. The molecule has 1 atom stereocenters. The van der Waals surface area contributed by atoms with Gasteiger partial charge in [-0.25, -0.2) is 4.39 Å². The van der Waals surface area contributed by atoms with E-state index in [2.05, 4.69) is 5.32 Å². The van der Waals surface area contributed by atoms with Gasteiger partial charge >= 0.3 is 0 Å². The van der Waals surface area contributed by atoms with E-state index >= 15 is 0 Å². The first-order valence-electron chi connectivity index (χ1n) is 11.1. The average Bonchev–Trinajstić information content (AvgIpc) is 3.27. The number of ether oxygens (including phenoxy) is 1. The van der Waals surface area contributed by atoms with E-state index in [0.717, 1.165) is 42.0 Å². The number of nitrogens with one attached hydrogen (secondary N) is 1. The fraction of sp³-hybridized carbons (Fsp3) is 0.308. The number of hydrogen-bond acceptors (Lipinski definition) is 3. The van der Waals surface area contributed by atoms with Crippen LogP contribution < -0.4 is 10.1 Å². The van der Waals surface area contributed by atoms with Gasteiger partial charge in [-0.1, -0.05) is 55.3 Å². The van der Waals surface area contributed by atoms with Crippen molar-refractivity contribution in [2.45, 2.75) is 44.3 Å². The molecule has 5 rings (SSSR count). The molecule has 5 nitrogen and oxygen atoms in total. The molecular weight excluding hydrogens is 407 g/mol. The number of hydrogen-bond donors (Lipinski definition) is 1. The minimum absolute atomic E-state index is 0.118. The number of rotatable bonds is 4. The summed E-state index contributed by atoms with van der Waals surface area (Å²) in [7, 11) is 0. The Morgan fingerprint density at radius 2 is 1.78 bits per heavy atom. The number of amides is 2. The molecule has 32 heavy (non-hydrogen) atoms. The van der Waals surface area contributed by atoms with Crippen molar-refractivity contribution in [1.82, 2.24) is 10.2 Å². The lowest BCUT2D eigenvalue weighted by Gasteiger charge is -2.31. The third-order valence-electron chi connectivity index (χ3n) is 6.40. The van der Waals surface area contributed by atoms with Crippen LogP contribution in [0.5, 0.6) is 5.75 Å². The maximum Gasteiger partial charge on any atom is 0.261 e. The van der Waals surface area contributed by atoms with Crippen LogP contribution >= 0.6 is 0 Å². The Morgan fingerprint density at radius 3 is 2.56 bits per heavy atom. The molecule has 0 spiro atoms. The van der Waals surface area contributed by atoms with E-state index in [-0.39, 0.29) is 36.8 Å². The van der Waals surface area contributed by atoms with Crippen molar-refractivity contribution < 1.29 is 18.7 Å². The highest BCUT2D eigenvalue weighted by Gasteiger charge is 2.38. The van der Waals surface area contributed by atoms with E-state index in [4.69, 9.17) is 4.74 Å². The summed E-state index contributed by atoms with van der Waals surface area (Å²) in [5.74, 6) is -0.270. The Bertz CT molecular complexity index is 1160. The summed E-state index contributed by atoms with van der Waals surface area (Å²) in [6.45, 7) is 0.0353. The largest absolute Gasteiger partial charge is 0.483 e. The highest BCUT2D eigenvalue weighted by Crippen LogP contribution is 2.39. The molecule has 1 heterocycles. The zero-order valence-corrected chi connectivity index (χ0v) is 17.7. The second kappa shape index (κ2) is 8.61. The summed E-state index contributed by atoms with van der Waals surface area (Å²) in [6.07, 6.45) is 4.08. The summed E-state index contributed by atoms with van der Waals surface area (Å²) in [5, 5.41) is 5.04. The van der Waals surface area contributed by atoms with Crippen LogP contribution in [0.25, 0.3) is 10.8 Å². The van der Waals surface area contributed by atoms with Crippen LogP contribution in [0.4, 0.5) is 4.39 Å². The summed E-state index contributed by atoms with van der Waals surface area (Å²) in [6, 6.07) is 16.9. The predicted octanol–water partition coefficient (Wildman–Crippen LogP) is 4.50. The van der Waals surface area contributed by atoms with Crippen molar-refractivity contribution in [3.8, 4) is 5.75 Å². The fourth-order valence-corrected chi connectivity index (χ4v) is 4.79. The molecule has 0 bridgehead atoms. The molecule has 0 saturated heterocycles. The Labute approximate surface area is 186 Å². The van der Waals surface area contributed by atoms with Crippen molar-refractivity contribution in [1.29, 1.82) is 0 Å². The summed E-state index contributed by atoms with van der Waals surface area (Å²) in [5.41, 5.74) is 1.45. The van der Waals surface area contributed by atoms with E-state index in [9.17, 15) is 14.0 Å². The van der Waals surface area contributed by atoms with Gasteiger partial charge < -0.3 is 15.0 Å². The van der Waals surface area contributed by atoms with Gasteiger partial charge in [0.25, 0.3) is 5.91 Å². The normalized spacial score (nSPS) is 18.8. The van der Waals surface area contributed by atoms with Crippen molar-refractivity contribution in [2.75, 3.05) is 6.61 Å². The van der Waals surface area contributed by atoms with E-state index < -0.39 is 6.04 Å². The van der Waals surface area contributed by atoms with Gasteiger partial charge in [-0.2, -0.15) is 0 Å². The molecule has 1 unspecified atom stereocenters. The van der Waals surface area contributed by atoms with Crippen molar-refractivity contribution in [3.05, 3.63) is 77.6 Å². The minimum Gasteiger partial charge on any atom is -0.483 e. The molecule has 1 N–H and O–H groups in total. The van der Waals surface area contributed by atoms with Crippen LogP contribution in [0.2, 0.25) is 0 Å². The van der Waals surface area contributed by atoms with Gasteiger partial charge in [-0.05, 0) is 47.4 Å². The van der Waals surface area contributed by atoms with Gasteiger partial charge in [0.1, 0.15) is 17.6 Å². The average molecular weight is 432 g/mol. The number of fused-ring (bicyclic) bond motifs is 3. The zero-order valence-electron chi connectivity index (χ0n) is 17.7. The molecule has 1 aliphatic heterocycles. The van der Waals surface area contributed by atoms with E-state index in [1.807, 2.05) is 36.4 Å². The minimum atomic E-state index is -0.836. The van der Waals surface area contributed by atoms with Gasteiger partial charge in [0, 0.05) is 18.2 Å². The Kier molecular flexibility index (Phi) is 5.52. The molecule has 3 aromatic rings. The molecule has 2 aliphatic rings. The van der Waals surface area contributed by atoms with Crippen LogP contribution in [-0.4, -0.2) is 29.4 Å².